The molecule has 1 fully saturated rings. The third kappa shape index (κ3) is 4.45. The largest absolute Gasteiger partial charge is 0.510 e. The quantitative estimate of drug-likeness (QED) is 0.184. The SMILES string of the molecule is C[C@@H]1c2ccc(NC3CC(C)(C)NC(C)(C)C3)c(O)c2C(=O)C2=C(O)[C@@]3(O)C(=O)C(C(N)=O)=C(O)[C@H](N(C)C)[C@H]3[C@H](O)[C@H]21. The minimum Gasteiger partial charge on any atom is -0.510 e. The van der Waals surface area contributed by atoms with Gasteiger partial charge in [0.2, 0.25) is 5.78 Å². The van der Waals surface area contributed by atoms with Crippen LogP contribution in [0.1, 0.15) is 69.3 Å². The number of hydrogen-bond donors (Lipinski definition) is 8. The lowest BCUT2D eigenvalue weighted by molar-refractivity contribution is -0.162. The number of likely N-dealkylation sites (N-methyl/N-ethyl adjacent to an activating group) is 1. The predicted molar refractivity (Wildman–Crippen MR) is 158 cm³/mol. The van der Waals surface area contributed by atoms with Crippen LogP contribution in [0.2, 0.25) is 0 Å². The highest BCUT2D eigenvalue weighted by atomic mass is 16.4. The maximum Gasteiger partial charge on any atom is 0.255 e. The summed E-state index contributed by atoms with van der Waals surface area (Å²) < 4.78 is 0. The number of benzene rings is 1. The maximum absolute atomic E-state index is 14.1. The predicted octanol–water partition coefficient (Wildman–Crippen LogP) is 1.37. The summed E-state index contributed by atoms with van der Waals surface area (Å²) in [6.07, 6.45) is -0.150. The lowest BCUT2D eigenvalue weighted by Gasteiger charge is -2.53. The van der Waals surface area contributed by atoms with Gasteiger partial charge in [0.15, 0.2) is 11.4 Å². The highest BCUT2D eigenvalue weighted by Gasteiger charge is 2.67. The van der Waals surface area contributed by atoms with Crippen LogP contribution in [-0.4, -0.2) is 96.9 Å². The second-order valence-electron chi connectivity index (χ2n) is 14.1. The zero-order valence-corrected chi connectivity index (χ0v) is 25.5. The number of Topliss-reactive ketones (excluding diaryl/α,β-unsaturated/α-hetero) is 2. The molecule has 0 radical (unpaired) electrons. The summed E-state index contributed by atoms with van der Waals surface area (Å²) in [5, 5.41) is 64.5. The monoisotopic (exact) mass is 598 g/mol. The zero-order valence-electron chi connectivity index (χ0n) is 25.5. The average Bonchev–Trinajstić information content (AvgIpc) is 2.85. The summed E-state index contributed by atoms with van der Waals surface area (Å²) in [6.45, 7) is 10.1. The lowest BCUT2D eigenvalue weighted by Crippen LogP contribution is -2.68. The Hall–Kier alpha value is -3.45. The average molecular weight is 599 g/mol. The fourth-order valence-electron chi connectivity index (χ4n) is 8.38. The van der Waals surface area contributed by atoms with E-state index in [2.05, 4.69) is 38.3 Å². The number of rotatable bonds is 4. The molecule has 0 aromatic heterocycles. The smallest absolute Gasteiger partial charge is 0.255 e. The molecule has 3 aliphatic carbocycles. The van der Waals surface area contributed by atoms with Gasteiger partial charge in [0.25, 0.3) is 5.91 Å². The first kappa shape index (κ1) is 31.0. The first-order valence-corrected chi connectivity index (χ1v) is 14.5. The van der Waals surface area contributed by atoms with Crippen LogP contribution in [0, 0.1) is 11.8 Å². The molecule has 0 saturated carbocycles. The lowest BCUT2D eigenvalue weighted by atomic mass is 9.55. The van der Waals surface area contributed by atoms with Crippen molar-refractivity contribution in [2.24, 2.45) is 17.6 Å². The number of primary amides is 1. The van der Waals surface area contributed by atoms with Crippen LogP contribution >= 0.6 is 0 Å². The van der Waals surface area contributed by atoms with Crippen LogP contribution in [0.25, 0.3) is 0 Å². The number of aromatic hydroxyl groups is 1. The number of aliphatic hydroxyl groups excluding tert-OH is 3. The van der Waals surface area contributed by atoms with Crippen molar-refractivity contribution in [3.05, 3.63) is 45.9 Å². The number of phenols is 1. The Labute approximate surface area is 250 Å². The van der Waals surface area contributed by atoms with Gasteiger partial charge in [-0.05, 0) is 72.2 Å². The minimum atomic E-state index is -2.94. The number of nitrogens with one attached hydrogen (secondary N) is 2. The summed E-state index contributed by atoms with van der Waals surface area (Å²) >= 11 is 0. The maximum atomic E-state index is 14.1. The number of nitrogens with two attached hydrogens (primary N) is 1. The van der Waals surface area contributed by atoms with Gasteiger partial charge in [0, 0.05) is 28.6 Å². The number of nitrogens with zero attached hydrogens (tertiary/aromatic N) is 1. The molecule has 5 rings (SSSR count). The van der Waals surface area contributed by atoms with E-state index in [1.54, 1.807) is 19.1 Å². The Bertz CT molecular complexity index is 1480. The van der Waals surface area contributed by atoms with E-state index in [-0.39, 0.29) is 28.4 Å². The first-order valence-electron chi connectivity index (χ1n) is 14.5. The van der Waals surface area contributed by atoms with E-state index < -0.39 is 75.6 Å². The number of piperidine rings is 1. The van der Waals surface area contributed by atoms with Crippen molar-refractivity contribution in [1.29, 1.82) is 0 Å². The summed E-state index contributed by atoms with van der Waals surface area (Å²) in [7, 11) is 3.00. The Morgan fingerprint density at radius 2 is 1.65 bits per heavy atom. The molecular formula is C31H42N4O8. The molecule has 12 heteroatoms. The Morgan fingerprint density at radius 3 is 2.19 bits per heavy atom. The molecule has 12 nitrogen and oxygen atoms in total. The molecule has 4 aliphatic rings. The molecule has 43 heavy (non-hydrogen) atoms. The highest BCUT2D eigenvalue weighted by molar-refractivity contribution is 6.25. The van der Waals surface area contributed by atoms with E-state index in [1.807, 2.05) is 0 Å². The fourth-order valence-corrected chi connectivity index (χ4v) is 8.38. The van der Waals surface area contributed by atoms with Gasteiger partial charge in [0.05, 0.1) is 29.3 Å². The molecule has 0 spiro atoms. The Balaban J connectivity index is 1.64. The molecule has 1 aromatic rings. The second-order valence-corrected chi connectivity index (χ2v) is 14.1. The van der Waals surface area contributed by atoms with E-state index in [1.165, 1.54) is 19.0 Å². The number of hydrogen-bond acceptors (Lipinski definition) is 11. The molecule has 1 heterocycles. The number of ketones is 2. The third-order valence-electron chi connectivity index (χ3n) is 9.68. The van der Waals surface area contributed by atoms with E-state index in [0.717, 1.165) is 12.8 Å². The molecule has 9 N–H and O–H groups in total. The third-order valence-corrected chi connectivity index (χ3v) is 9.68. The molecule has 1 aromatic carbocycles. The van der Waals surface area contributed by atoms with E-state index in [4.69, 9.17) is 5.73 Å². The van der Waals surface area contributed by atoms with Crippen molar-refractivity contribution >= 4 is 23.2 Å². The zero-order chi connectivity index (χ0) is 32.1. The van der Waals surface area contributed by atoms with Crippen molar-refractivity contribution in [1.82, 2.24) is 10.2 Å². The van der Waals surface area contributed by atoms with Gasteiger partial charge in [-0.2, -0.15) is 0 Å². The summed E-state index contributed by atoms with van der Waals surface area (Å²) in [6, 6.07) is 2.03. The van der Waals surface area contributed by atoms with Crippen molar-refractivity contribution in [3.8, 4) is 5.75 Å². The van der Waals surface area contributed by atoms with Gasteiger partial charge in [-0.15, -0.1) is 0 Å². The highest BCUT2D eigenvalue weighted by Crippen LogP contribution is 2.56. The number of carbonyl (C=O) groups excluding carboxylic acids is 3. The number of carbonyl (C=O) groups is 3. The van der Waals surface area contributed by atoms with Crippen LogP contribution < -0.4 is 16.4 Å². The van der Waals surface area contributed by atoms with Crippen LogP contribution in [0.3, 0.4) is 0 Å². The van der Waals surface area contributed by atoms with E-state index >= 15 is 0 Å². The molecule has 0 unspecified atom stereocenters. The van der Waals surface area contributed by atoms with Gasteiger partial charge < -0.3 is 41.9 Å². The van der Waals surface area contributed by atoms with Gasteiger partial charge in [-0.3, -0.25) is 19.3 Å². The molecule has 1 aliphatic heterocycles. The van der Waals surface area contributed by atoms with E-state index in [9.17, 15) is 39.9 Å². The first-order chi connectivity index (χ1) is 19.7. The number of amides is 1. The van der Waals surface area contributed by atoms with E-state index in [0.29, 0.717) is 11.3 Å². The van der Waals surface area contributed by atoms with Crippen molar-refractivity contribution in [2.75, 3.05) is 19.4 Å². The Morgan fingerprint density at radius 1 is 1.07 bits per heavy atom. The van der Waals surface area contributed by atoms with Crippen molar-refractivity contribution in [3.63, 3.8) is 0 Å². The van der Waals surface area contributed by atoms with Crippen LogP contribution in [0.4, 0.5) is 5.69 Å². The second kappa shape index (κ2) is 9.78. The number of anilines is 1. The normalized spacial score (nSPS) is 33.7. The minimum absolute atomic E-state index is 0.0424. The Kier molecular flexibility index (Phi) is 7.05. The topological polar surface area (TPSA) is 206 Å². The van der Waals surface area contributed by atoms with Crippen molar-refractivity contribution < 1.29 is 39.9 Å². The summed E-state index contributed by atoms with van der Waals surface area (Å²) in [5.41, 5.74) is 1.33. The van der Waals surface area contributed by atoms with Crippen LogP contribution in [0.15, 0.2) is 34.8 Å². The van der Waals surface area contributed by atoms with Gasteiger partial charge in [-0.1, -0.05) is 13.0 Å². The molecule has 234 valence electrons. The molecule has 1 amide bonds. The van der Waals surface area contributed by atoms with Gasteiger partial charge in [-0.25, -0.2) is 0 Å². The number of aliphatic hydroxyl groups is 4. The standard InChI is InChI=1S/C31H42N4O8/c1-12-14-8-9-15(33-13-10-29(2,3)34-30(4,5)11-13)22(36)17(14)23(37)18-16(12)24(38)20-21(35(6)7)25(39)19(28(32)42)27(41)31(20,43)26(18)40/h8-9,12-13,16,20-21,24,33-34,36,38-40,43H,10-11H2,1-7H3,(H2,32,42)/t12-,16+,20+,21-,24-,31-/m1/s1. The number of fused-ring (bicyclic) bond motifs is 3. The van der Waals surface area contributed by atoms with Crippen molar-refractivity contribution in [2.45, 2.75) is 88.2 Å². The summed E-state index contributed by atoms with van der Waals surface area (Å²) in [5.74, 6) is -9.03. The van der Waals surface area contributed by atoms with Crippen LogP contribution in [0.5, 0.6) is 5.75 Å². The van der Waals surface area contributed by atoms with Crippen LogP contribution in [-0.2, 0) is 9.59 Å². The summed E-state index contributed by atoms with van der Waals surface area (Å²) in [4.78, 5) is 41.3. The van der Waals surface area contributed by atoms with Gasteiger partial charge >= 0.3 is 0 Å². The van der Waals surface area contributed by atoms with Gasteiger partial charge in [0.1, 0.15) is 22.8 Å². The molecular weight excluding hydrogens is 556 g/mol. The molecule has 6 atom stereocenters. The number of phenolic OH excluding ortho intramolecular Hbond substituents is 1. The molecule has 1 saturated heterocycles. The fraction of sp³-hybridized carbons (Fsp3) is 0.581. The molecule has 0 bridgehead atoms.